The molecule has 1 aliphatic heterocycles. The first-order valence-corrected chi connectivity index (χ1v) is 10.7. The highest BCUT2D eigenvalue weighted by molar-refractivity contribution is 6.30. The van der Waals surface area contributed by atoms with E-state index < -0.39 is 0 Å². The second kappa shape index (κ2) is 9.64. The Balaban J connectivity index is 2.01. The summed E-state index contributed by atoms with van der Waals surface area (Å²) in [4.78, 5) is 11.5. The molecule has 3 rings (SSSR count). The highest BCUT2D eigenvalue weighted by atomic mass is 35.5. The first kappa shape index (κ1) is 21.7. The Morgan fingerprint density at radius 1 is 1.14 bits per heavy atom. The van der Waals surface area contributed by atoms with Crippen LogP contribution < -0.4 is 10.1 Å². The van der Waals surface area contributed by atoms with Crippen molar-refractivity contribution in [2.75, 3.05) is 6.54 Å². The van der Waals surface area contributed by atoms with E-state index in [1.807, 2.05) is 44.2 Å². The number of benzene rings is 2. The first-order chi connectivity index (χ1) is 13.9. The SMILES string of the molecule is CCCC1c2ccccc2Oc2ccc(Cl)cc2C1CNC(OC(C)=O)C(C)C. The molecular formula is C24H30ClNO3. The lowest BCUT2D eigenvalue weighted by molar-refractivity contribution is -0.150. The van der Waals surface area contributed by atoms with Crippen LogP contribution >= 0.6 is 11.6 Å². The van der Waals surface area contributed by atoms with Crippen LogP contribution in [0.5, 0.6) is 11.5 Å². The van der Waals surface area contributed by atoms with Gasteiger partial charge in [0.1, 0.15) is 11.5 Å². The molecule has 29 heavy (non-hydrogen) atoms. The maximum atomic E-state index is 11.5. The number of esters is 1. The first-order valence-electron chi connectivity index (χ1n) is 10.4. The molecule has 1 heterocycles. The molecule has 0 bridgehead atoms. The molecule has 0 spiro atoms. The minimum absolute atomic E-state index is 0.143. The number of hydrogen-bond donors (Lipinski definition) is 1. The lowest BCUT2D eigenvalue weighted by atomic mass is 9.78. The monoisotopic (exact) mass is 415 g/mol. The molecule has 0 amide bonds. The van der Waals surface area contributed by atoms with Gasteiger partial charge in [-0.15, -0.1) is 0 Å². The van der Waals surface area contributed by atoms with Crippen LogP contribution in [0, 0.1) is 5.92 Å². The Morgan fingerprint density at radius 2 is 1.86 bits per heavy atom. The van der Waals surface area contributed by atoms with Gasteiger partial charge in [-0.1, -0.05) is 57.0 Å². The van der Waals surface area contributed by atoms with E-state index in [4.69, 9.17) is 21.1 Å². The van der Waals surface area contributed by atoms with Gasteiger partial charge in [-0.2, -0.15) is 0 Å². The second-order valence-corrected chi connectivity index (χ2v) is 8.44. The Hall–Kier alpha value is -2.04. The molecule has 1 aliphatic rings. The lowest BCUT2D eigenvalue weighted by Gasteiger charge is -2.30. The van der Waals surface area contributed by atoms with Crippen LogP contribution in [0.4, 0.5) is 0 Å². The van der Waals surface area contributed by atoms with E-state index in [1.165, 1.54) is 12.5 Å². The van der Waals surface area contributed by atoms with Crippen LogP contribution in [0.1, 0.15) is 63.5 Å². The highest BCUT2D eigenvalue weighted by Crippen LogP contribution is 2.48. The molecule has 1 N–H and O–H groups in total. The van der Waals surface area contributed by atoms with Crippen LogP contribution in [0.2, 0.25) is 5.02 Å². The molecular weight excluding hydrogens is 386 g/mol. The van der Waals surface area contributed by atoms with Gasteiger partial charge in [0, 0.05) is 35.9 Å². The van der Waals surface area contributed by atoms with Crippen LogP contribution in [0.3, 0.4) is 0 Å². The maximum Gasteiger partial charge on any atom is 0.304 e. The quantitative estimate of drug-likeness (QED) is 0.429. The van der Waals surface area contributed by atoms with Crippen molar-refractivity contribution in [1.82, 2.24) is 5.32 Å². The topological polar surface area (TPSA) is 47.6 Å². The summed E-state index contributed by atoms with van der Waals surface area (Å²) < 4.78 is 11.8. The normalized spacial score (nSPS) is 19.0. The third-order valence-corrected chi connectivity index (χ3v) is 5.67. The second-order valence-electron chi connectivity index (χ2n) is 8.01. The lowest BCUT2D eigenvalue weighted by Crippen LogP contribution is -2.40. The summed E-state index contributed by atoms with van der Waals surface area (Å²) in [6.07, 6.45) is 1.75. The van der Waals surface area contributed by atoms with Gasteiger partial charge >= 0.3 is 5.97 Å². The van der Waals surface area contributed by atoms with Gasteiger partial charge in [0.15, 0.2) is 6.23 Å². The maximum absolute atomic E-state index is 11.5. The summed E-state index contributed by atoms with van der Waals surface area (Å²) >= 11 is 6.37. The van der Waals surface area contributed by atoms with Crippen molar-refractivity contribution in [3.05, 3.63) is 58.6 Å². The third kappa shape index (κ3) is 5.12. The van der Waals surface area contributed by atoms with E-state index in [-0.39, 0.29) is 30.0 Å². The average Bonchev–Trinajstić information content (AvgIpc) is 2.80. The largest absolute Gasteiger partial charge is 0.457 e. The van der Waals surface area contributed by atoms with E-state index >= 15 is 0 Å². The van der Waals surface area contributed by atoms with Crippen LogP contribution in [0.15, 0.2) is 42.5 Å². The van der Waals surface area contributed by atoms with E-state index in [1.54, 1.807) is 0 Å². The van der Waals surface area contributed by atoms with Gasteiger partial charge < -0.3 is 9.47 Å². The number of ether oxygens (including phenoxy) is 2. The zero-order valence-corrected chi connectivity index (χ0v) is 18.3. The smallest absolute Gasteiger partial charge is 0.304 e. The van der Waals surface area contributed by atoms with Gasteiger partial charge in [0.2, 0.25) is 0 Å². The van der Waals surface area contributed by atoms with Gasteiger partial charge in [-0.05, 0) is 42.2 Å². The van der Waals surface area contributed by atoms with Crippen molar-refractivity contribution >= 4 is 17.6 Å². The predicted octanol–water partition coefficient (Wildman–Crippen LogP) is 6.25. The van der Waals surface area contributed by atoms with Crippen molar-refractivity contribution in [2.24, 2.45) is 5.92 Å². The molecule has 0 radical (unpaired) electrons. The number of hydrogen-bond acceptors (Lipinski definition) is 4. The van der Waals surface area contributed by atoms with Crippen LogP contribution in [0.25, 0.3) is 0 Å². The molecule has 0 saturated heterocycles. The minimum Gasteiger partial charge on any atom is -0.457 e. The minimum atomic E-state index is -0.336. The van der Waals surface area contributed by atoms with Crippen molar-refractivity contribution in [3.8, 4) is 11.5 Å². The van der Waals surface area contributed by atoms with E-state index in [9.17, 15) is 4.79 Å². The number of fused-ring (bicyclic) bond motifs is 2. The highest BCUT2D eigenvalue weighted by Gasteiger charge is 2.33. The van der Waals surface area contributed by atoms with Gasteiger partial charge in [0.25, 0.3) is 0 Å². The Bertz CT molecular complexity index is 852. The third-order valence-electron chi connectivity index (χ3n) is 5.43. The van der Waals surface area contributed by atoms with E-state index in [0.29, 0.717) is 11.6 Å². The average molecular weight is 416 g/mol. The summed E-state index contributed by atoms with van der Waals surface area (Å²) in [6, 6.07) is 14.1. The summed E-state index contributed by atoms with van der Waals surface area (Å²) in [6.45, 7) is 8.39. The zero-order chi connectivity index (χ0) is 21.0. The fraction of sp³-hybridized carbons (Fsp3) is 0.458. The molecule has 0 saturated carbocycles. The van der Waals surface area contributed by atoms with Gasteiger partial charge in [-0.25, -0.2) is 0 Å². The fourth-order valence-electron chi connectivity index (χ4n) is 4.09. The Kier molecular flexibility index (Phi) is 7.20. The number of halogens is 1. The van der Waals surface area contributed by atoms with Crippen LogP contribution in [-0.2, 0) is 9.53 Å². The van der Waals surface area contributed by atoms with Crippen molar-refractivity contribution in [3.63, 3.8) is 0 Å². The summed E-state index contributed by atoms with van der Waals surface area (Å²) in [5.41, 5.74) is 2.30. The van der Waals surface area contributed by atoms with Crippen molar-refractivity contribution < 1.29 is 14.3 Å². The molecule has 156 valence electrons. The Morgan fingerprint density at radius 3 is 2.55 bits per heavy atom. The molecule has 0 fully saturated rings. The summed E-state index contributed by atoms with van der Waals surface area (Å²) in [7, 11) is 0. The number of nitrogens with one attached hydrogen (secondary N) is 1. The molecule has 0 aliphatic carbocycles. The summed E-state index contributed by atoms with van der Waals surface area (Å²) in [5, 5.41) is 4.18. The fourth-order valence-corrected chi connectivity index (χ4v) is 4.27. The van der Waals surface area contributed by atoms with E-state index in [2.05, 4.69) is 24.4 Å². The number of carbonyl (C=O) groups excluding carboxylic acids is 1. The number of rotatable bonds is 7. The number of para-hydroxylation sites is 1. The zero-order valence-electron chi connectivity index (χ0n) is 17.6. The molecule has 5 heteroatoms. The van der Waals surface area contributed by atoms with Gasteiger partial charge in [-0.3, -0.25) is 10.1 Å². The molecule has 4 nitrogen and oxygen atoms in total. The van der Waals surface area contributed by atoms with E-state index in [0.717, 1.165) is 29.9 Å². The molecule has 2 aromatic rings. The van der Waals surface area contributed by atoms with Crippen molar-refractivity contribution in [1.29, 1.82) is 0 Å². The van der Waals surface area contributed by atoms with Crippen LogP contribution in [-0.4, -0.2) is 18.7 Å². The van der Waals surface area contributed by atoms with Gasteiger partial charge in [0.05, 0.1) is 0 Å². The Labute approximate surface area is 178 Å². The molecule has 3 atom stereocenters. The number of carbonyl (C=O) groups is 1. The summed E-state index contributed by atoms with van der Waals surface area (Å²) in [5.74, 6) is 2.03. The molecule has 0 aromatic heterocycles. The molecule has 2 aromatic carbocycles. The standard InChI is InChI=1S/C24H30ClNO3/c1-5-8-18-19-9-6-7-10-22(19)29-23-12-11-17(25)13-20(23)21(18)14-26-24(15(2)3)28-16(4)27/h6-7,9-13,15,18,21,24,26H,5,8,14H2,1-4H3. The molecule has 3 unspecified atom stereocenters. The van der Waals surface area contributed by atoms with Crippen molar-refractivity contribution in [2.45, 2.75) is 58.6 Å². The predicted molar refractivity (Wildman–Crippen MR) is 117 cm³/mol.